The van der Waals surface area contributed by atoms with Crippen LogP contribution in [-0.4, -0.2) is 19.5 Å². The Morgan fingerprint density at radius 2 is 2.05 bits per heavy atom. The quantitative estimate of drug-likeness (QED) is 0.703. The predicted molar refractivity (Wildman–Crippen MR) is 75.0 cm³/mol. The average molecular weight is 262 g/mol. The van der Waals surface area contributed by atoms with Crippen LogP contribution >= 0.6 is 0 Å². The normalized spacial score (nSPS) is 14.5. The van der Waals surface area contributed by atoms with Crippen LogP contribution in [0.4, 0.5) is 0 Å². The number of Topliss-reactive ketones (excluding diaryl/α,β-unsaturated/α-hetero) is 1. The lowest BCUT2D eigenvalue weighted by atomic mass is 10.0. The van der Waals surface area contributed by atoms with E-state index in [4.69, 9.17) is 9.47 Å². The number of methoxy groups -OCH3 is 1. The minimum atomic E-state index is -0.00802. The van der Waals surface area contributed by atoms with E-state index in [1.165, 1.54) is 12.8 Å². The highest BCUT2D eigenvalue weighted by Gasteiger charge is 2.21. The molecule has 0 atom stereocenters. The van der Waals surface area contributed by atoms with Crippen LogP contribution in [0.15, 0.2) is 18.2 Å². The van der Waals surface area contributed by atoms with Crippen molar-refractivity contribution in [3.63, 3.8) is 0 Å². The number of ketones is 1. The van der Waals surface area contributed by atoms with E-state index in [1.54, 1.807) is 13.2 Å². The van der Waals surface area contributed by atoms with Crippen LogP contribution in [0.1, 0.15) is 43.5 Å². The number of carbonyl (C=O) groups is 1. The van der Waals surface area contributed by atoms with Crippen molar-refractivity contribution in [1.29, 1.82) is 0 Å². The van der Waals surface area contributed by atoms with Gasteiger partial charge in [-0.05, 0) is 30.5 Å². The molecule has 19 heavy (non-hydrogen) atoms. The van der Waals surface area contributed by atoms with Gasteiger partial charge in [-0.1, -0.05) is 26.7 Å². The number of ether oxygens (including phenoxy) is 2. The van der Waals surface area contributed by atoms with Gasteiger partial charge >= 0.3 is 0 Å². The molecule has 1 aromatic carbocycles. The summed E-state index contributed by atoms with van der Waals surface area (Å²) in [7, 11) is 1.60. The number of rotatable bonds is 7. The Labute approximate surface area is 114 Å². The molecule has 3 nitrogen and oxygen atoms in total. The number of hydrogen-bond acceptors (Lipinski definition) is 3. The molecular formula is C16H22O3. The minimum absolute atomic E-state index is 0.00802. The third-order valence-electron chi connectivity index (χ3n) is 3.45. The van der Waals surface area contributed by atoms with Crippen molar-refractivity contribution in [3.8, 4) is 11.5 Å². The largest absolute Gasteiger partial charge is 0.493 e. The summed E-state index contributed by atoms with van der Waals surface area (Å²) in [5.41, 5.74) is 0.682. The molecule has 0 saturated heterocycles. The third-order valence-corrected chi connectivity index (χ3v) is 3.45. The number of hydrogen-bond donors (Lipinski definition) is 0. The lowest BCUT2D eigenvalue weighted by Crippen LogP contribution is -2.08. The van der Waals surface area contributed by atoms with E-state index in [2.05, 4.69) is 0 Å². The minimum Gasteiger partial charge on any atom is -0.493 e. The Morgan fingerprint density at radius 1 is 1.32 bits per heavy atom. The maximum Gasteiger partial charge on any atom is 0.165 e. The maximum atomic E-state index is 11.9. The van der Waals surface area contributed by atoms with E-state index in [1.807, 2.05) is 26.0 Å². The summed E-state index contributed by atoms with van der Waals surface area (Å²) in [4.78, 5) is 11.9. The van der Waals surface area contributed by atoms with E-state index >= 15 is 0 Å². The highest BCUT2D eigenvalue weighted by Crippen LogP contribution is 2.34. The summed E-state index contributed by atoms with van der Waals surface area (Å²) in [6.45, 7) is 4.52. The summed E-state index contributed by atoms with van der Waals surface area (Å²) in [5, 5.41) is 0. The molecule has 2 rings (SSSR count). The highest BCUT2D eigenvalue weighted by molar-refractivity contribution is 5.98. The summed E-state index contributed by atoms with van der Waals surface area (Å²) in [6.07, 6.45) is 3.78. The Hall–Kier alpha value is -1.51. The van der Waals surface area contributed by atoms with Crippen molar-refractivity contribution in [2.24, 2.45) is 11.8 Å². The average Bonchev–Trinajstić information content (AvgIpc) is 3.22. The standard InChI is InChI=1S/C16H22O3/c1-11(2)16(17)13-6-7-14(15(10-13)18-3)19-9-8-12-4-5-12/h6-7,10-12H,4-5,8-9H2,1-3H3. The Balaban J connectivity index is 2.04. The summed E-state index contributed by atoms with van der Waals surface area (Å²) < 4.78 is 11.0. The van der Waals surface area contributed by atoms with Crippen LogP contribution < -0.4 is 9.47 Å². The molecule has 0 spiro atoms. The van der Waals surface area contributed by atoms with E-state index in [-0.39, 0.29) is 11.7 Å². The fourth-order valence-corrected chi connectivity index (χ4v) is 2.02. The number of benzene rings is 1. The lowest BCUT2D eigenvalue weighted by Gasteiger charge is -2.12. The van der Waals surface area contributed by atoms with Gasteiger partial charge in [0.2, 0.25) is 0 Å². The van der Waals surface area contributed by atoms with Crippen molar-refractivity contribution in [2.45, 2.75) is 33.1 Å². The molecule has 1 saturated carbocycles. The lowest BCUT2D eigenvalue weighted by molar-refractivity contribution is 0.0939. The van der Waals surface area contributed by atoms with Gasteiger partial charge in [0.15, 0.2) is 17.3 Å². The van der Waals surface area contributed by atoms with Crippen molar-refractivity contribution < 1.29 is 14.3 Å². The van der Waals surface area contributed by atoms with Gasteiger partial charge in [0, 0.05) is 11.5 Å². The molecule has 1 aromatic rings. The summed E-state index contributed by atoms with van der Waals surface area (Å²) in [5.74, 6) is 2.34. The zero-order valence-corrected chi connectivity index (χ0v) is 11.9. The first-order chi connectivity index (χ1) is 9.11. The van der Waals surface area contributed by atoms with Crippen molar-refractivity contribution in [1.82, 2.24) is 0 Å². The second-order valence-electron chi connectivity index (χ2n) is 5.47. The molecule has 0 unspecified atom stereocenters. The van der Waals surface area contributed by atoms with Gasteiger partial charge in [-0.2, -0.15) is 0 Å². The Morgan fingerprint density at radius 3 is 2.63 bits per heavy atom. The zero-order chi connectivity index (χ0) is 13.8. The Bertz CT molecular complexity index is 447. The van der Waals surface area contributed by atoms with Crippen LogP contribution in [0, 0.1) is 11.8 Å². The van der Waals surface area contributed by atoms with Crippen LogP contribution in [0.25, 0.3) is 0 Å². The third kappa shape index (κ3) is 3.72. The van der Waals surface area contributed by atoms with Crippen molar-refractivity contribution >= 4 is 5.78 Å². The van der Waals surface area contributed by atoms with Gasteiger partial charge in [-0.25, -0.2) is 0 Å². The molecule has 1 fully saturated rings. The van der Waals surface area contributed by atoms with Gasteiger partial charge in [-0.3, -0.25) is 4.79 Å². The molecule has 0 aromatic heterocycles. The van der Waals surface area contributed by atoms with Crippen LogP contribution in [0.2, 0.25) is 0 Å². The van der Waals surface area contributed by atoms with Gasteiger partial charge in [0.25, 0.3) is 0 Å². The van der Waals surface area contributed by atoms with Crippen LogP contribution in [0.5, 0.6) is 11.5 Å². The molecule has 1 aliphatic carbocycles. The molecule has 0 amide bonds. The Kier molecular flexibility index (Phi) is 4.46. The fourth-order valence-electron chi connectivity index (χ4n) is 2.02. The fraction of sp³-hybridized carbons (Fsp3) is 0.562. The predicted octanol–water partition coefficient (Wildman–Crippen LogP) is 3.71. The molecule has 0 N–H and O–H groups in total. The highest BCUT2D eigenvalue weighted by atomic mass is 16.5. The second-order valence-corrected chi connectivity index (χ2v) is 5.47. The van der Waals surface area contributed by atoms with Crippen LogP contribution in [0.3, 0.4) is 0 Å². The van der Waals surface area contributed by atoms with Gasteiger partial charge in [0.05, 0.1) is 13.7 Å². The van der Waals surface area contributed by atoms with Gasteiger partial charge < -0.3 is 9.47 Å². The topological polar surface area (TPSA) is 35.5 Å². The monoisotopic (exact) mass is 262 g/mol. The first-order valence-corrected chi connectivity index (χ1v) is 6.97. The zero-order valence-electron chi connectivity index (χ0n) is 11.9. The van der Waals surface area contributed by atoms with E-state index < -0.39 is 0 Å². The maximum absolute atomic E-state index is 11.9. The first-order valence-electron chi connectivity index (χ1n) is 6.97. The summed E-state index contributed by atoms with van der Waals surface area (Å²) in [6, 6.07) is 5.42. The molecule has 0 heterocycles. The summed E-state index contributed by atoms with van der Waals surface area (Å²) >= 11 is 0. The smallest absolute Gasteiger partial charge is 0.165 e. The molecule has 1 aliphatic rings. The molecule has 104 valence electrons. The van der Waals surface area contributed by atoms with Gasteiger partial charge in [0.1, 0.15) is 0 Å². The van der Waals surface area contributed by atoms with Crippen LogP contribution in [-0.2, 0) is 0 Å². The molecular weight excluding hydrogens is 240 g/mol. The van der Waals surface area contributed by atoms with Crippen molar-refractivity contribution in [3.05, 3.63) is 23.8 Å². The van der Waals surface area contributed by atoms with E-state index in [9.17, 15) is 4.79 Å². The molecule has 0 radical (unpaired) electrons. The first kappa shape index (κ1) is 13.9. The second kappa shape index (κ2) is 6.09. The van der Waals surface area contributed by atoms with Gasteiger partial charge in [-0.15, -0.1) is 0 Å². The molecule has 0 bridgehead atoms. The van der Waals surface area contributed by atoms with E-state index in [0.717, 1.165) is 24.7 Å². The SMILES string of the molecule is COc1cc(C(=O)C(C)C)ccc1OCCC1CC1. The molecule has 3 heteroatoms. The van der Waals surface area contributed by atoms with Crippen molar-refractivity contribution in [2.75, 3.05) is 13.7 Å². The molecule has 0 aliphatic heterocycles. The number of carbonyl (C=O) groups excluding carboxylic acids is 1. The van der Waals surface area contributed by atoms with E-state index in [0.29, 0.717) is 11.3 Å².